The van der Waals surface area contributed by atoms with Crippen molar-refractivity contribution in [3.8, 4) is 0 Å². The molecule has 70 valence electrons. The molecule has 0 N–H and O–H groups in total. The summed E-state index contributed by atoms with van der Waals surface area (Å²) in [5.74, 6) is 1.35. The van der Waals surface area contributed by atoms with E-state index >= 15 is 0 Å². The first kappa shape index (κ1) is 8.83. The summed E-state index contributed by atoms with van der Waals surface area (Å²) in [6, 6.07) is 0. The summed E-state index contributed by atoms with van der Waals surface area (Å²) < 4.78 is 6.08. The van der Waals surface area contributed by atoms with E-state index in [0.29, 0.717) is 11.8 Å². The molecule has 12 heavy (non-hydrogen) atoms. The van der Waals surface area contributed by atoms with Gasteiger partial charge in [0.1, 0.15) is 0 Å². The van der Waals surface area contributed by atoms with Gasteiger partial charge in [-0.3, -0.25) is 0 Å². The highest BCUT2D eigenvalue weighted by atomic mass is 35.5. The molecule has 2 heterocycles. The van der Waals surface area contributed by atoms with Crippen molar-refractivity contribution in [2.24, 2.45) is 5.92 Å². The second-order valence-electron chi connectivity index (χ2n) is 4.77. The lowest BCUT2D eigenvalue weighted by Crippen LogP contribution is -2.56. The first-order valence-corrected chi connectivity index (χ1v) is 5.38. The van der Waals surface area contributed by atoms with Crippen LogP contribution < -0.4 is 0 Å². The van der Waals surface area contributed by atoms with Crippen LogP contribution in [0.5, 0.6) is 0 Å². The number of halogens is 1. The van der Waals surface area contributed by atoms with E-state index in [1.54, 1.807) is 0 Å². The molecule has 3 aliphatic rings. The van der Waals surface area contributed by atoms with Crippen LogP contribution in [-0.4, -0.2) is 17.1 Å². The molecule has 0 aromatic rings. The molecule has 1 saturated carbocycles. The zero-order valence-electron chi connectivity index (χ0n) is 7.90. The van der Waals surface area contributed by atoms with Crippen LogP contribution in [0.3, 0.4) is 0 Å². The SMILES string of the molecule is CC12CCC(CC1)[C@](C)(CCl)O2. The topological polar surface area (TPSA) is 9.23 Å². The maximum Gasteiger partial charge on any atom is 0.0824 e. The van der Waals surface area contributed by atoms with Gasteiger partial charge < -0.3 is 4.74 Å². The number of hydrogen-bond acceptors (Lipinski definition) is 1. The zero-order valence-corrected chi connectivity index (χ0v) is 8.66. The Morgan fingerprint density at radius 3 is 2.25 bits per heavy atom. The van der Waals surface area contributed by atoms with Gasteiger partial charge >= 0.3 is 0 Å². The second-order valence-corrected chi connectivity index (χ2v) is 5.04. The first-order valence-electron chi connectivity index (χ1n) is 4.84. The number of hydrogen-bond donors (Lipinski definition) is 0. The summed E-state index contributed by atoms with van der Waals surface area (Å²) in [7, 11) is 0. The third-order valence-electron chi connectivity index (χ3n) is 3.65. The van der Waals surface area contributed by atoms with Crippen LogP contribution in [-0.2, 0) is 4.74 Å². The quantitative estimate of drug-likeness (QED) is 0.575. The molecular weight excluding hydrogens is 172 g/mol. The third kappa shape index (κ3) is 1.18. The molecule has 1 nitrogen and oxygen atoms in total. The summed E-state index contributed by atoms with van der Waals surface area (Å²) in [4.78, 5) is 0. The van der Waals surface area contributed by atoms with Crippen LogP contribution >= 0.6 is 11.6 Å². The molecule has 3 fully saturated rings. The molecule has 0 aromatic carbocycles. The van der Waals surface area contributed by atoms with E-state index in [1.165, 1.54) is 25.7 Å². The molecular formula is C10H17ClO. The minimum atomic E-state index is -0.0349. The molecule has 2 saturated heterocycles. The molecule has 0 amide bonds. The molecule has 2 aliphatic heterocycles. The normalized spacial score (nSPS) is 52.8. The second kappa shape index (κ2) is 2.62. The fraction of sp³-hybridized carbons (Fsp3) is 1.00. The van der Waals surface area contributed by atoms with Gasteiger partial charge in [0.05, 0.1) is 17.1 Å². The fourth-order valence-electron chi connectivity index (χ4n) is 2.72. The molecule has 1 atom stereocenters. The van der Waals surface area contributed by atoms with E-state index < -0.39 is 0 Å². The van der Waals surface area contributed by atoms with Crippen molar-refractivity contribution >= 4 is 11.6 Å². The summed E-state index contributed by atoms with van der Waals surface area (Å²) in [5.41, 5.74) is 0.102. The van der Waals surface area contributed by atoms with Gasteiger partial charge in [-0.1, -0.05) is 0 Å². The van der Waals surface area contributed by atoms with Crippen LogP contribution in [0, 0.1) is 5.92 Å². The fourth-order valence-corrected chi connectivity index (χ4v) is 3.00. The lowest BCUT2D eigenvalue weighted by molar-refractivity contribution is -0.227. The van der Waals surface area contributed by atoms with Gasteiger partial charge in [-0.05, 0) is 45.4 Å². The summed E-state index contributed by atoms with van der Waals surface area (Å²) in [5, 5.41) is 0. The summed E-state index contributed by atoms with van der Waals surface area (Å²) in [6.45, 7) is 4.40. The molecule has 0 radical (unpaired) electrons. The van der Waals surface area contributed by atoms with Crippen molar-refractivity contribution in [2.75, 3.05) is 5.88 Å². The largest absolute Gasteiger partial charge is 0.368 e. The minimum absolute atomic E-state index is 0.0349. The van der Waals surface area contributed by atoms with Crippen LogP contribution in [0.4, 0.5) is 0 Å². The molecule has 1 aliphatic carbocycles. The number of fused-ring (bicyclic) bond motifs is 3. The van der Waals surface area contributed by atoms with Crippen molar-refractivity contribution in [1.82, 2.24) is 0 Å². The van der Waals surface area contributed by atoms with Gasteiger partial charge in [-0.25, -0.2) is 0 Å². The maximum atomic E-state index is 6.08. The number of rotatable bonds is 1. The van der Waals surface area contributed by atoms with Crippen molar-refractivity contribution in [3.63, 3.8) is 0 Å². The molecule has 0 unspecified atom stereocenters. The smallest absolute Gasteiger partial charge is 0.0824 e. The van der Waals surface area contributed by atoms with E-state index in [4.69, 9.17) is 16.3 Å². The van der Waals surface area contributed by atoms with E-state index in [9.17, 15) is 0 Å². The Morgan fingerprint density at radius 1 is 1.33 bits per heavy atom. The number of alkyl halides is 1. The highest BCUT2D eigenvalue weighted by Gasteiger charge is 2.50. The zero-order chi connectivity index (χ0) is 8.82. The van der Waals surface area contributed by atoms with Gasteiger partial charge in [0.15, 0.2) is 0 Å². The van der Waals surface area contributed by atoms with Gasteiger partial charge in [-0.15, -0.1) is 11.6 Å². The Balaban J connectivity index is 2.21. The van der Waals surface area contributed by atoms with Crippen molar-refractivity contribution < 1.29 is 4.74 Å². The minimum Gasteiger partial charge on any atom is -0.368 e. The Hall–Kier alpha value is 0.250. The van der Waals surface area contributed by atoms with E-state index in [-0.39, 0.29) is 11.2 Å². The summed E-state index contributed by atoms with van der Waals surface area (Å²) >= 11 is 5.95. The van der Waals surface area contributed by atoms with Crippen LogP contribution in [0.15, 0.2) is 0 Å². The third-order valence-corrected chi connectivity index (χ3v) is 4.18. The standard InChI is InChI=1S/C10H17ClO/c1-9-5-3-8(4-6-9)10(2,7-11)12-9/h8H,3-7H2,1-2H3/t8?,9?,10-/m0/s1. The average Bonchev–Trinajstić information content (AvgIpc) is 2.04. The molecule has 0 spiro atoms. The Morgan fingerprint density at radius 2 is 1.92 bits per heavy atom. The van der Waals surface area contributed by atoms with Crippen molar-refractivity contribution in [3.05, 3.63) is 0 Å². The molecule has 3 rings (SSSR count). The van der Waals surface area contributed by atoms with Gasteiger partial charge in [0.25, 0.3) is 0 Å². The predicted molar refractivity (Wildman–Crippen MR) is 50.6 cm³/mol. The van der Waals surface area contributed by atoms with Crippen LogP contribution in [0.25, 0.3) is 0 Å². The molecule has 2 bridgehead atoms. The van der Waals surface area contributed by atoms with Gasteiger partial charge in [0.2, 0.25) is 0 Å². The highest BCUT2D eigenvalue weighted by Crippen LogP contribution is 2.49. The Kier molecular flexibility index (Phi) is 1.93. The van der Waals surface area contributed by atoms with E-state index in [2.05, 4.69) is 13.8 Å². The lowest BCUT2D eigenvalue weighted by atomic mass is 9.69. The molecule has 0 aromatic heterocycles. The maximum absolute atomic E-state index is 6.08. The first-order chi connectivity index (χ1) is 5.58. The average molecular weight is 189 g/mol. The van der Waals surface area contributed by atoms with Crippen molar-refractivity contribution in [2.45, 2.75) is 50.7 Å². The van der Waals surface area contributed by atoms with Crippen LogP contribution in [0.2, 0.25) is 0 Å². The predicted octanol–water partition coefficient (Wildman–Crippen LogP) is 2.96. The van der Waals surface area contributed by atoms with E-state index in [0.717, 1.165) is 0 Å². The van der Waals surface area contributed by atoms with E-state index in [1.807, 2.05) is 0 Å². The Labute approximate surface area is 79.4 Å². The van der Waals surface area contributed by atoms with Crippen LogP contribution in [0.1, 0.15) is 39.5 Å². The van der Waals surface area contributed by atoms with Gasteiger partial charge in [-0.2, -0.15) is 0 Å². The summed E-state index contributed by atoms with van der Waals surface area (Å²) in [6.07, 6.45) is 5.06. The van der Waals surface area contributed by atoms with Gasteiger partial charge in [0, 0.05) is 0 Å². The Bertz CT molecular complexity index is 184. The molecule has 2 heteroatoms. The van der Waals surface area contributed by atoms with Crippen molar-refractivity contribution in [1.29, 1.82) is 0 Å². The lowest BCUT2D eigenvalue weighted by Gasteiger charge is -2.54. The monoisotopic (exact) mass is 188 g/mol. The highest BCUT2D eigenvalue weighted by molar-refractivity contribution is 6.18. The number of ether oxygens (including phenoxy) is 1.